The summed E-state index contributed by atoms with van der Waals surface area (Å²) in [5.74, 6) is 0.622. The lowest BCUT2D eigenvalue weighted by Gasteiger charge is -2.10. The Bertz CT molecular complexity index is 539. The third-order valence-corrected chi connectivity index (χ3v) is 4.84. The minimum absolute atomic E-state index is 0.0454. The van der Waals surface area contributed by atoms with Crippen LogP contribution in [0, 0.1) is 16.0 Å². The minimum Gasteiger partial charge on any atom is -0.385 e. The Hall–Kier alpha value is -1.63. The molecule has 1 fully saturated rings. The van der Waals surface area contributed by atoms with Gasteiger partial charge in [0.05, 0.1) is 16.4 Å². The second kappa shape index (κ2) is 4.93. The highest BCUT2D eigenvalue weighted by atomic mass is 32.2. The van der Waals surface area contributed by atoms with Crippen molar-refractivity contribution in [3.05, 3.63) is 34.4 Å². The van der Waals surface area contributed by atoms with Crippen molar-refractivity contribution in [2.75, 3.05) is 23.4 Å². The fourth-order valence-corrected chi connectivity index (χ4v) is 3.86. The van der Waals surface area contributed by atoms with Crippen molar-refractivity contribution in [2.45, 2.75) is 6.42 Å². The van der Waals surface area contributed by atoms with Crippen LogP contribution in [0.15, 0.2) is 24.3 Å². The molecule has 0 radical (unpaired) electrons. The van der Waals surface area contributed by atoms with Crippen molar-refractivity contribution in [3.63, 3.8) is 0 Å². The summed E-state index contributed by atoms with van der Waals surface area (Å²) < 4.78 is 22.5. The molecule has 1 saturated heterocycles. The van der Waals surface area contributed by atoms with E-state index in [0.29, 0.717) is 13.0 Å². The number of hydrogen-bond acceptors (Lipinski definition) is 5. The summed E-state index contributed by atoms with van der Waals surface area (Å²) in [6, 6.07) is 6.10. The molecule has 2 rings (SSSR count). The molecule has 0 aromatic heterocycles. The summed E-state index contributed by atoms with van der Waals surface area (Å²) >= 11 is 0. The second-order valence-corrected chi connectivity index (χ2v) is 6.68. The highest BCUT2D eigenvalue weighted by molar-refractivity contribution is 7.91. The van der Waals surface area contributed by atoms with Crippen LogP contribution in [0.5, 0.6) is 0 Å². The number of nitrogens with zero attached hydrogens (tertiary/aromatic N) is 1. The van der Waals surface area contributed by atoms with E-state index in [1.165, 1.54) is 12.1 Å². The maximum absolute atomic E-state index is 11.3. The minimum atomic E-state index is -2.85. The van der Waals surface area contributed by atoms with Crippen molar-refractivity contribution in [1.29, 1.82) is 0 Å². The van der Waals surface area contributed by atoms with Crippen molar-refractivity contribution in [2.24, 2.45) is 5.92 Å². The number of nitro benzene ring substituents is 1. The van der Waals surface area contributed by atoms with Gasteiger partial charge < -0.3 is 5.32 Å². The lowest BCUT2D eigenvalue weighted by molar-refractivity contribution is -0.384. The van der Waals surface area contributed by atoms with E-state index in [2.05, 4.69) is 5.32 Å². The molecule has 0 bridgehead atoms. The van der Waals surface area contributed by atoms with Gasteiger partial charge in [0.1, 0.15) is 0 Å². The van der Waals surface area contributed by atoms with Crippen molar-refractivity contribution in [3.8, 4) is 0 Å². The number of nitrogens with one attached hydrogen (secondary N) is 1. The predicted molar refractivity (Wildman–Crippen MR) is 68.3 cm³/mol. The number of benzene rings is 1. The van der Waals surface area contributed by atoms with Crippen LogP contribution in [0.3, 0.4) is 0 Å². The topological polar surface area (TPSA) is 89.3 Å². The summed E-state index contributed by atoms with van der Waals surface area (Å²) in [6.07, 6.45) is 0.683. The number of rotatable bonds is 4. The molecule has 0 amide bonds. The zero-order chi connectivity index (χ0) is 13.2. The number of nitro groups is 1. The van der Waals surface area contributed by atoms with Gasteiger partial charge in [-0.1, -0.05) is 0 Å². The Morgan fingerprint density at radius 1 is 1.33 bits per heavy atom. The standard InChI is InChI=1S/C11H14N2O4S/c14-13(15)11-3-1-10(2-4-11)12-7-9-5-6-18(16,17)8-9/h1-4,9,12H,5-8H2/t9-/m1/s1. The van der Waals surface area contributed by atoms with E-state index < -0.39 is 14.8 Å². The van der Waals surface area contributed by atoms with Gasteiger partial charge >= 0.3 is 0 Å². The van der Waals surface area contributed by atoms with Gasteiger partial charge in [-0.05, 0) is 24.5 Å². The quantitative estimate of drug-likeness (QED) is 0.660. The largest absolute Gasteiger partial charge is 0.385 e. The van der Waals surface area contributed by atoms with Gasteiger partial charge in [0.15, 0.2) is 9.84 Å². The molecule has 1 aliphatic rings. The summed E-state index contributed by atoms with van der Waals surface area (Å²) in [7, 11) is -2.85. The van der Waals surface area contributed by atoms with Crippen LogP contribution in [-0.4, -0.2) is 31.4 Å². The van der Waals surface area contributed by atoms with Crippen LogP contribution in [-0.2, 0) is 9.84 Å². The molecule has 0 unspecified atom stereocenters. The number of anilines is 1. The van der Waals surface area contributed by atoms with Gasteiger partial charge in [0.25, 0.3) is 5.69 Å². The molecule has 1 aliphatic heterocycles. The number of sulfone groups is 1. The first kappa shape index (κ1) is 12.8. The van der Waals surface area contributed by atoms with Crippen LogP contribution in [0.4, 0.5) is 11.4 Å². The first-order valence-electron chi connectivity index (χ1n) is 5.65. The van der Waals surface area contributed by atoms with Gasteiger partial charge in [-0.15, -0.1) is 0 Å². The normalized spacial score (nSPS) is 21.7. The van der Waals surface area contributed by atoms with Gasteiger partial charge in [-0.3, -0.25) is 10.1 Å². The van der Waals surface area contributed by atoms with E-state index in [0.717, 1.165) is 5.69 Å². The molecule has 0 spiro atoms. The number of non-ortho nitro benzene ring substituents is 1. The predicted octanol–water partition coefficient (Wildman–Crippen LogP) is 1.44. The van der Waals surface area contributed by atoms with E-state index in [-0.39, 0.29) is 23.1 Å². The smallest absolute Gasteiger partial charge is 0.269 e. The summed E-state index contributed by atoms with van der Waals surface area (Å²) in [4.78, 5) is 10.0. The van der Waals surface area contributed by atoms with E-state index >= 15 is 0 Å². The molecule has 0 saturated carbocycles. The first-order valence-corrected chi connectivity index (χ1v) is 7.47. The molecule has 0 aliphatic carbocycles. The van der Waals surface area contributed by atoms with E-state index in [1.54, 1.807) is 12.1 Å². The fraction of sp³-hybridized carbons (Fsp3) is 0.455. The number of hydrogen-bond donors (Lipinski definition) is 1. The Labute approximate surface area is 105 Å². The third kappa shape index (κ3) is 3.19. The average Bonchev–Trinajstić information content (AvgIpc) is 2.67. The maximum Gasteiger partial charge on any atom is 0.269 e. The van der Waals surface area contributed by atoms with Crippen molar-refractivity contribution >= 4 is 21.2 Å². The summed E-state index contributed by atoms with van der Waals surface area (Å²) in [6.45, 7) is 0.580. The maximum atomic E-state index is 11.3. The van der Waals surface area contributed by atoms with E-state index in [4.69, 9.17) is 0 Å². The Kier molecular flexibility index (Phi) is 3.51. The van der Waals surface area contributed by atoms with Crippen molar-refractivity contribution in [1.82, 2.24) is 0 Å². The summed E-state index contributed by atoms with van der Waals surface area (Å²) in [5, 5.41) is 13.6. The highest BCUT2D eigenvalue weighted by Crippen LogP contribution is 2.20. The highest BCUT2D eigenvalue weighted by Gasteiger charge is 2.27. The molecule has 1 N–H and O–H groups in total. The Morgan fingerprint density at radius 3 is 2.50 bits per heavy atom. The second-order valence-electron chi connectivity index (χ2n) is 4.45. The van der Waals surface area contributed by atoms with Gasteiger partial charge in [-0.25, -0.2) is 8.42 Å². The molecule has 7 heteroatoms. The molecule has 1 aromatic rings. The Balaban J connectivity index is 1.89. The lowest BCUT2D eigenvalue weighted by atomic mass is 10.1. The van der Waals surface area contributed by atoms with Crippen LogP contribution >= 0.6 is 0 Å². The van der Waals surface area contributed by atoms with Gasteiger partial charge in [0.2, 0.25) is 0 Å². The Morgan fingerprint density at radius 2 is 2.00 bits per heavy atom. The van der Waals surface area contributed by atoms with Crippen LogP contribution in [0.1, 0.15) is 6.42 Å². The molecular formula is C11H14N2O4S. The molecule has 1 atom stereocenters. The SMILES string of the molecule is O=[N+]([O-])c1ccc(NC[C@H]2CCS(=O)(=O)C2)cc1. The molecule has 18 heavy (non-hydrogen) atoms. The van der Waals surface area contributed by atoms with Gasteiger partial charge in [-0.2, -0.15) is 0 Å². The molecule has 1 heterocycles. The third-order valence-electron chi connectivity index (χ3n) is 3.00. The molecule has 98 valence electrons. The first-order chi connectivity index (χ1) is 8.46. The van der Waals surface area contributed by atoms with E-state index in [1.807, 2.05) is 0 Å². The molecule has 1 aromatic carbocycles. The zero-order valence-corrected chi connectivity index (χ0v) is 10.5. The van der Waals surface area contributed by atoms with Crippen LogP contribution in [0.2, 0.25) is 0 Å². The molecular weight excluding hydrogens is 256 g/mol. The van der Waals surface area contributed by atoms with Gasteiger partial charge in [0, 0.05) is 24.4 Å². The zero-order valence-electron chi connectivity index (χ0n) is 9.70. The fourth-order valence-electron chi connectivity index (χ4n) is 2.00. The van der Waals surface area contributed by atoms with Crippen LogP contribution in [0.25, 0.3) is 0 Å². The lowest BCUT2D eigenvalue weighted by Crippen LogP contribution is -2.15. The monoisotopic (exact) mass is 270 g/mol. The van der Waals surface area contributed by atoms with E-state index in [9.17, 15) is 18.5 Å². The molecule has 6 nitrogen and oxygen atoms in total. The van der Waals surface area contributed by atoms with Crippen molar-refractivity contribution < 1.29 is 13.3 Å². The van der Waals surface area contributed by atoms with Crippen LogP contribution < -0.4 is 5.32 Å². The summed E-state index contributed by atoms with van der Waals surface area (Å²) in [5.41, 5.74) is 0.814. The average molecular weight is 270 g/mol.